The first-order valence-corrected chi connectivity index (χ1v) is 3.04. The van der Waals surface area contributed by atoms with E-state index in [1.54, 1.807) is 30.3 Å². The minimum absolute atomic E-state index is 0. The van der Waals surface area contributed by atoms with Crippen molar-refractivity contribution in [3.63, 3.8) is 0 Å². The van der Waals surface area contributed by atoms with Gasteiger partial charge in [-0.05, 0) is 12.1 Å². The van der Waals surface area contributed by atoms with E-state index in [2.05, 4.69) is 4.74 Å². The molecule has 0 aliphatic carbocycles. The summed E-state index contributed by atoms with van der Waals surface area (Å²) in [6.07, 6.45) is 0. The zero-order valence-electron chi connectivity index (χ0n) is 5.69. The maximum absolute atomic E-state index is 10.8. The number of carbonyl (C=O) groups is 2. The van der Waals surface area contributed by atoms with Crippen LogP contribution in [0.3, 0.4) is 0 Å². The molecule has 0 saturated heterocycles. The predicted molar refractivity (Wildman–Crippen MR) is 45.1 cm³/mol. The fourth-order valence-corrected chi connectivity index (χ4v) is 0.686. The van der Waals surface area contributed by atoms with Crippen LogP contribution in [0.1, 0.15) is 10.4 Å². The molecule has 0 heterocycles. The zero-order valence-corrected chi connectivity index (χ0v) is 5.69. The molecule has 1 aromatic carbocycles. The molecule has 0 saturated carbocycles. The third-order valence-corrected chi connectivity index (χ3v) is 1.16. The second-order valence-electron chi connectivity index (χ2n) is 1.87. The molecule has 0 N–H and O–H groups in total. The maximum atomic E-state index is 10.8. The Labute approximate surface area is 113 Å². The topological polar surface area (TPSA) is 43.4 Å². The van der Waals surface area contributed by atoms with Crippen molar-refractivity contribution in [1.29, 1.82) is 0 Å². The molecule has 12 heavy (non-hydrogen) atoms. The van der Waals surface area contributed by atoms with Gasteiger partial charge in [0.1, 0.15) is 0 Å². The van der Waals surface area contributed by atoms with Crippen molar-refractivity contribution in [3.05, 3.63) is 35.9 Å². The van der Waals surface area contributed by atoms with Crippen LogP contribution in [0, 0.1) is 0 Å². The second-order valence-corrected chi connectivity index (χ2v) is 1.87. The van der Waals surface area contributed by atoms with Crippen LogP contribution in [0.4, 0.5) is 0 Å². The first kappa shape index (κ1) is 12.0. The molecule has 58 valence electrons. The van der Waals surface area contributed by atoms with E-state index in [0.717, 1.165) is 0 Å². The number of carbonyl (C=O) groups excluding carboxylic acids is 2. The van der Waals surface area contributed by atoms with Crippen LogP contribution < -0.4 is 0 Å². The van der Waals surface area contributed by atoms with E-state index >= 15 is 0 Å². The van der Waals surface area contributed by atoms with E-state index in [9.17, 15) is 9.59 Å². The predicted octanol–water partition coefficient (Wildman–Crippen LogP) is 0.351. The van der Waals surface area contributed by atoms with Crippen molar-refractivity contribution < 1.29 is 14.3 Å². The molecule has 0 amide bonds. The summed E-state index contributed by atoms with van der Waals surface area (Å²) in [5.74, 6) is -0.624. The van der Waals surface area contributed by atoms with Crippen molar-refractivity contribution in [1.82, 2.24) is 0 Å². The van der Waals surface area contributed by atoms with Gasteiger partial charge in [-0.3, -0.25) is 4.79 Å². The summed E-state index contributed by atoms with van der Waals surface area (Å²) in [6, 6.07) is 8.32. The van der Waals surface area contributed by atoms with Gasteiger partial charge in [-0.15, -0.1) is 0 Å². The summed E-state index contributed by atoms with van der Waals surface area (Å²) in [6.45, 7) is 0.120. The summed E-state index contributed by atoms with van der Waals surface area (Å²) < 4.78 is 4.11. The van der Waals surface area contributed by atoms with Crippen molar-refractivity contribution in [3.8, 4) is 0 Å². The van der Waals surface area contributed by atoms with E-state index < -0.39 is 5.97 Å². The molecule has 0 fully saturated rings. The molecular formula is C8H7KO3. The van der Waals surface area contributed by atoms with Crippen molar-refractivity contribution in [2.75, 3.05) is 0 Å². The van der Waals surface area contributed by atoms with Gasteiger partial charge in [-0.25, -0.2) is 4.79 Å². The number of hydrogen-bond donors (Lipinski definition) is 0. The van der Waals surface area contributed by atoms with Gasteiger partial charge in [0.05, 0.1) is 5.56 Å². The van der Waals surface area contributed by atoms with Gasteiger partial charge in [0.2, 0.25) is 0 Å². The van der Waals surface area contributed by atoms with Gasteiger partial charge in [-0.2, -0.15) is 0 Å². The molecule has 3 nitrogen and oxygen atoms in total. The fourth-order valence-electron chi connectivity index (χ4n) is 0.686. The quantitative estimate of drug-likeness (QED) is 0.292. The molecule has 1 rings (SSSR count). The molecule has 4 heteroatoms. The van der Waals surface area contributed by atoms with Crippen molar-refractivity contribution in [2.45, 2.75) is 0 Å². The summed E-state index contributed by atoms with van der Waals surface area (Å²) in [5.41, 5.74) is 0.375. The van der Waals surface area contributed by atoms with E-state index in [1.165, 1.54) is 0 Å². The Balaban J connectivity index is 0.00000121. The van der Waals surface area contributed by atoms with Gasteiger partial charge in [0, 0.05) is 0 Å². The molecule has 0 aliphatic heterocycles. The number of ether oxygens (including phenoxy) is 1. The Kier molecular flexibility index (Phi) is 6.50. The van der Waals surface area contributed by atoms with Crippen LogP contribution in [-0.4, -0.2) is 63.8 Å². The van der Waals surface area contributed by atoms with Crippen molar-refractivity contribution >= 4 is 63.8 Å². The van der Waals surface area contributed by atoms with Gasteiger partial charge in [0.15, 0.2) is 0 Å². The number of hydrogen-bond acceptors (Lipinski definition) is 3. The Bertz CT molecular complexity index is 258. The standard InChI is InChI=1S/C8H6O3.K.H/c9-6-11-8(10)7-4-2-1-3-5-7;;/h1-6H;;. The summed E-state index contributed by atoms with van der Waals surface area (Å²) >= 11 is 0. The Morgan fingerprint density at radius 3 is 2.33 bits per heavy atom. The summed E-state index contributed by atoms with van der Waals surface area (Å²) in [4.78, 5) is 20.5. The van der Waals surface area contributed by atoms with Crippen LogP contribution in [0.15, 0.2) is 30.3 Å². The molecular weight excluding hydrogens is 183 g/mol. The molecule has 0 spiro atoms. The average Bonchev–Trinajstić information content (AvgIpc) is 2.07. The van der Waals surface area contributed by atoms with Crippen LogP contribution in [-0.2, 0) is 9.53 Å². The summed E-state index contributed by atoms with van der Waals surface area (Å²) in [5, 5.41) is 0. The van der Waals surface area contributed by atoms with E-state index in [4.69, 9.17) is 0 Å². The Hall–Kier alpha value is -0.00364. The monoisotopic (exact) mass is 190 g/mol. The van der Waals surface area contributed by atoms with Gasteiger partial charge >= 0.3 is 63.8 Å². The first-order valence-electron chi connectivity index (χ1n) is 3.04. The summed E-state index contributed by atoms with van der Waals surface area (Å²) in [7, 11) is 0. The minimum atomic E-state index is -0.624. The van der Waals surface area contributed by atoms with Gasteiger partial charge in [0.25, 0.3) is 0 Å². The molecule has 0 aliphatic rings. The average molecular weight is 190 g/mol. The molecule has 0 radical (unpaired) electrons. The Morgan fingerprint density at radius 1 is 1.25 bits per heavy atom. The van der Waals surface area contributed by atoms with Gasteiger partial charge < -0.3 is 4.74 Å². The van der Waals surface area contributed by atoms with Crippen LogP contribution in [0.5, 0.6) is 0 Å². The van der Waals surface area contributed by atoms with Crippen molar-refractivity contribution in [2.24, 2.45) is 0 Å². The third-order valence-electron chi connectivity index (χ3n) is 1.16. The fraction of sp³-hybridized carbons (Fsp3) is 0. The van der Waals surface area contributed by atoms with Crippen LogP contribution in [0.25, 0.3) is 0 Å². The zero-order chi connectivity index (χ0) is 8.10. The van der Waals surface area contributed by atoms with Crippen LogP contribution >= 0.6 is 0 Å². The number of rotatable bonds is 2. The SMILES string of the molecule is O=COC(=O)c1ccccc1.[KH]. The number of esters is 1. The molecule has 0 aromatic heterocycles. The normalized spacial score (nSPS) is 8.00. The Morgan fingerprint density at radius 2 is 1.83 bits per heavy atom. The van der Waals surface area contributed by atoms with E-state index in [1.807, 2.05) is 0 Å². The first-order chi connectivity index (χ1) is 5.34. The number of benzene rings is 1. The van der Waals surface area contributed by atoms with E-state index in [-0.39, 0.29) is 57.9 Å². The second kappa shape index (κ2) is 6.51. The molecule has 0 atom stereocenters. The van der Waals surface area contributed by atoms with Gasteiger partial charge in [-0.1, -0.05) is 18.2 Å². The molecule has 0 unspecified atom stereocenters. The third kappa shape index (κ3) is 3.60. The molecule has 1 aromatic rings. The van der Waals surface area contributed by atoms with Crippen LogP contribution in [0.2, 0.25) is 0 Å². The molecule has 0 bridgehead atoms. The van der Waals surface area contributed by atoms with E-state index in [0.29, 0.717) is 5.56 Å².